The van der Waals surface area contributed by atoms with Gasteiger partial charge in [0, 0.05) is 16.6 Å². The zero-order valence-corrected chi connectivity index (χ0v) is 16.9. The zero-order chi connectivity index (χ0) is 18.8. The lowest BCUT2D eigenvalue weighted by atomic mass is 10.2. The maximum absolute atomic E-state index is 12.8. The minimum Gasteiger partial charge on any atom is -0.383 e. The fourth-order valence-corrected chi connectivity index (χ4v) is 4.64. The quantitative estimate of drug-likeness (QED) is 0.519. The monoisotopic (exact) mass is 386 g/mol. The van der Waals surface area contributed by atoms with Crippen molar-refractivity contribution in [2.45, 2.75) is 38.9 Å². The smallest absolute Gasteiger partial charge is 0.237 e. The van der Waals surface area contributed by atoms with Gasteiger partial charge in [-0.3, -0.25) is 4.79 Å². The Morgan fingerprint density at radius 1 is 1.23 bits per heavy atom. The van der Waals surface area contributed by atoms with Crippen LogP contribution in [0.4, 0.5) is 11.5 Å². The fourth-order valence-electron chi connectivity index (χ4n) is 2.84. The molecule has 2 heterocycles. The van der Waals surface area contributed by atoms with Crippen LogP contribution in [0.2, 0.25) is 0 Å². The molecule has 0 bridgehead atoms. The summed E-state index contributed by atoms with van der Waals surface area (Å²) in [6.45, 7) is 8.10. The molecule has 3 rings (SSSR count). The SMILES string of the molecule is Cc1sc2nc(SCC(=O)N(c3ccccc3)C(C)C)nc(N)c2c1C. The van der Waals surface area contributed by atoms with Crippen LogP contribution in [0.15, 0.2) is 35.5 Å². The number of benzene rings is 1. The van der Waals surface area contributed by atoms with Gasteiger partial charge in [0.2, 0.25) is 5.91 Å². The first-order valence-corrected chi connectivity index (χ1v) is 10.2. The number of amides is 1. The number of aromatic nitrogens is 2. The molecule has 7 heteroatoms. The molecule has 0 saturated carbocycles. The predicted octanol–water partition coefficient (Wildman–Crippen LogP) is 4.42. The minimum absolute atomic E-state index is 0.0250. The molecule has 0 saturated heterocycles. The Labute approximate surface area is 161 Å². The molecule has 2 aromatic heterocycles. The molecular formula is C19H22N4OS2. The van der Waals surface area contributed by atoms with Crippen molar-refractivity contribution in [2.75, 3.05) is 16.4 Å². The van der Waals surface area contributed by atoms with Crippen molar-refractivity contribution >= 4 is 50.7 Å². The summed E-state index contributed by atoms with van der Waals surface area (Å²) in [4.78, 5) is 25.6. The third kappa shape index (κ3) is 3.68. The highest BCUT2D eigenvalue weighted by atomic mass is 32.2. The second-order valence-electron chi connectivity index (χ2n) is 6.34. The molecule has 136 valence electrons. The molecule has 0 unspecified atom stereocenters. The van der Waals surface area contributed by atoms with Gasteiger partial charge in [0.15, 0.2) is 5.16 Å². The van der Waals surface area contributed by atoms with E-state index in [4.69, 9.17) is 5.73 Å². The molecule has 0 spiro atoms. The van der Waals surface area contributed by atoms with Crippen LogP contribution in [0.5, 0.6) is 0 Å². The lowest BCUT2D eigenvalue weighted by Crippen LogP contribution is -2.38. The summed E-state index contributed by atoms with van der Waals surface area (Å²) in [6.07, 6.45) is 0. The Morgan fingerprint density at radius 3 is 2.58 bits per heavy atom. The van der Waals surface area contributed by atoms with E-state index in [1.165, 1.54) is 16.6 Å². The van der Waals surface area contributed by atoms with Crippen LogP contribution in [0, 0.1) is 13.8 Å². The van der Waals surface area contributed by atoms with Crippen LogP contribution in [-0.2, 0) is 4.79 Å². The number of anilines is 2. The van der Waals surface area contributed by atoms with Crippen molar-refractivity contribution in [3.8, 4) is 0 Å². The third-order valence-corrected chi connectivity index (χ3v) is 6.11. The number of rotatable bonds is 5. The molecule has 26 heavy (non-hydrogen) atoms. The Morgan fingerprint density at radius 2 is 1.92 bits per heavy atom. The van der Waals surface area contributed by atoms with Crippen molar-refractivity contribution in [3.05, 3.63) is 40.8 Å². The van der Waals surface area contributed by atoms with Crippen LogP contribution in [0.25, 0.3) is 10.2 Å². The maximum Gasteiger partial charge on any atom is 0.237 e. The first-order chi connectivity index (χ1) is 12.4. The van der Waals surface area contributed by atoms with Crippen LogP contribution in [0.1, 0.15) is 24.3 Å². The number of carbonyl (C=O) groups excluding carboxylic acids is 1. The number of nitrogen functional groups attached to an aromatic ring is 1. The van der Waals surface area contributed by atoms with E-state index in [-0.39, 0.29) is 17.7 Å². The Balaban J connectivity index is 1.79. The van der Waals surface area contributed by atoms with Crippen molar-refractivity contribution in [1.29, 1.82) is 0 Å². The Kier molecular flexibility index (Phi) is 5.48. The van der Waals surface area contributed by atoms with Gasteiger partial charge in [0.1, 0.15) is 10.6 Å². The molecule has 5 nitrogen and oxygen atoms in total. The number of fused-ring (bicyclic) bond motifs is 1. The highest BCUT2D eigenvalue weighted by Crippen LogP contribution is 2.33. The molecule has 0 aliphatic heterocycles. The second kappa shape index (κ2) is 7.63. The van der Waals surface area contributed by atoms with E-state index in [1.807, 2.05) is 51.1 Å². The number of hydrogen-bond donors (Lipinski definition) is 1. The van der Waals surface area contributed by atoms with Gasteiger partial charge in [-0.2, -0.15) is 0 Å². The third-order valence-electron chi connectivity index (χ3n) is 4.18. The highest BCUT2D eigenvalue weighted by molar-refractivity contribution is 7.99. The Bertz CT molecular complexity index is 938. The molecule has 0 aliphatic rings. The van der Waals surface area contributed by atoms with E-state index >= 15 is 0 Å². The van der Waals surface area contributed by atoms with Gasteiger partial charge >= 0.3 is 0 Å². The van der Waals surface area contributed by atoms with Crippen LogP contribution in [-0.4, -0.2) is 27.7 Å². The summed E-state index contributed by atoms with van der Waals surface area (Å²) >= 11 is 2.94. The van der Waals surface area contributed by atoms with Gasteiger partial charge in [-0.15, -0.1) is 11.3 Å². The number of nitrogens with two attached hydrogens (primary N) is 1. The Hall–Kier alpha value is -2.12. The van der Waals surface area contributed by atoms with Crippen molar-refractivity contribution in [3.63, 3.8) is 0 Å². The van der Waals surface area contributed by atoms with Gasteiger partial charge in [0.25, 0.3) is 0 Å². The number of thiophene rings is 1. The fraction of sp³-hybridized carbons (Fsp3) is 0.316. The second-order valence-corrected chi connectivity index (χ2v) is 8.48. The molecular weight excluding hydrogens is 364 g/mol. The molecule has 1 aromatic carbocycles. The maximum atomic E-state index is 12.8. The van der Waals surface area contributed by atoms with E-state index < -0.39 is 0 Å². The molecule has 0 aliphatic carbocycles. The molecule has 0 fully saturated rings. The van der Waals surface area contributed by atoms with Crippen LogP contribution < -0.4 is 10.6 Å². The molecule has 0 radical (unpaired) electrons. The summed E-state index contributed by atoms with van der Waals surface area (Å²) in [5.41, 5.74) is 8.15. The molecule has 1 amide bonds. The van der Waals surface area contributed by atoms with E-state index in [2.05, 4.69) is 16.9 Å². The van der Waals surface area contributed by atoms with E-state index in [9.17, 15) is 4.79 Å². The average Bonchev–Trinajstić information content (AvgIpc) is 2.88. The van der Waals surface area contributed by atoms with Crippen LogP contribution in [0.3, 0.4) is 0 Å². The topological polar surface area (TPSA) is 72.1 Å². The summed E-state index contributed by atoms with van der Waals surface area (Å²) in [6, 6.07) is 9.77. The van der Waals surface area contributed by atoms with Crippen molar-refractivity contribution in [2.24, 2.45) is 0 Å². The summed E-state index contributed by atoms with van der Waals surface area (Å²) < 4.78 is 0. The molecule has 0 atom stereocenters. The number of nitrogens with zero attached hydrogens (tertiary/aromatic N) is 3. The zero-order valence-electron chi connectivity index (χ0n) is 15.3. The first kappa shape index (κ1) is 18.7. The van der Waals surface area contributed by atoms with Gasteiger partial charge in [-0.25, -0.2) is 9.97 Å². The van der Waals surface area contributed by atoms with Gasteiger partial charge in [0.05, 0.1) is 11.1 Å². The average molecular weight is 387 g/mol. The molecule has 2 N–H and O–H groups in total. The summed E-state index contributed by atoms with van der Waals surface area (Å²) in [5, 5.41) is 1.47. The van der Waals surface area contributed by atoms with E-state index in [0.717, 1.165) is 21.5 Å². The number of aryl methyl sites for hydroxylation is 2. The predicted molar refractivity (Wildman–Crippen MR) is 111 cm³/mol. The number of hydrogen-bond acceptors (Lipinski definition) is 6. The summed E-state index contributed by atoms with van der Waals surface area (Å²) in [5.74, 6) is 0.772. The lowest BCUT2D eigenvalue weighted by Gasteiger charge is -2.26. The lowest BCUT2D eigenvalue weighted by molar-refractivity contribution is -0.116. The normalized spacial score (nSPS) is 11.3. The minimum atomic E-state index is 0.0250. The van der Waals surface area contributed by atoms with Gasteiger partial charge in [-0.1, -0.05) is 30.0 Å². The number of para-hydroxylation sites is 1. The van der Waals surface area contributed by atoms with Crippen molar-refractivity contribution in [1.82, 2.24) is 9.97 Å². The first-order valence-electron chi connectivity index (χ1n) is 8.41. The van der Waals surface area contributed by atoms with Gasteiger partial charge < -0.3 is 10.6 Å². The summed E-state index contributed by atoms with van der Waals surface area (Å²) in [7, 11) is 0. The number of thioether (sulfide) groups is 1. The van der Waals surface area contributed by atoms with E-state index in [1.54, 1.807) is 16.2 Å². The van der Waals surface area contributed by atoms with Crippen molar-refractivity contribution < 1.29 is 4.79 Å². The largest absolute Gasteiger partial charge is 0.383 e. The highest BCUT2D eigenvalue weighted by Gasteiger charge is 2.20. The number of carbonyl (C=O) groups is 1. The van der Waals surface area contributed by atoms with Crippen LogP contribution >= 0.6 is 23.1 Å². The molecule has 3 aromatic rings. The van der Waals surface area contributed by atoms with Gasteiger partial charge in [-0.05, 0) is 45.4 Å². The van der Waals surface area contributed by atoms with E-state index in [0.29, 0.717) is 11.0 Å². The standard InChI is InChI=1S/C19H22N4OS2/c1-11(2)23(14-8-6-5-7-9-14)15(24)10-25-19-21-17(20)16-12(3)13(4)26-18(16)22-19/h5-9,11H,10H2,1-4H3,(H2,20,21,22).